The molecule has 1 saturated carbocycles. The van der Waals surface area contributed by atoms with E-state index in [-0.39, 0.29) is 30.1 Å². The van der Waals surface area contributed by atoms with Gasteiger partial charge in [0.25, 0.3) is 5.91 Å². The highest BCUT2D eigenvalue weighted by molar-refractivity contribution is 6.31. The van der Waals surface area contributed by atoms with E-state index >= 15 is 0 Å². The monoisotopic (exact) mass is 421 g/mol. The molecule has 2 heterocycles. The van der Waals surface area contributed by atoms with E-state index in [4.69, 9.17) is 11.6 Å². The molecule has 0 atom stereocenters. The third-order valence-corrected chi connectivity index (χ3v) is 6.02. The summed E-state index contributed by atoms with van der Waals surface area (Å²) in [6.45, 7) is 0.566. The second kappa shape index (κ2) is 7.31. The quantitative estimate of drug-likeness (QED) is 0.705. The largest absolute Gasteiger partial charge is 0.394 e. The van der Waals surface area contributed by atoms with E-state index in [0.717, 1.165) is 18.5 Å². The molecular formula is C19H21ClFN5O3. The van der Waals surface area contributed by atoms with Crippen molar-refractivity contribution < 1.29 is 19.1 Å². The Kier molecular flexibility index (Phi) is 4.95. The summed E-state index contributed by atoms with van der Waals surface area (Å²) in [5, 5.41) is 19.2. The van der Waals surface area contributed by atoms with Gasteiger partial charge in [0.1, 0.15) is 11.5 Å². The molecule has 0 bridgehead atoms. The first kappa shape index (κ1) is 19.7. The minimum Gasteiger partial charge on any atom is -0.394 e. The van der Waals surface area contributed by atoms with Crippen LogP contribution in [0, 0.1) is 5.82 Å². The number of hydrogen-bond donors (Lipinski definition) is 3. The van der Waals surface area contributed by atoms with Crippen LogP contribution in [0.25, 0.3) is 0 Å². The molecule has 4 rings (SSSR count). The molecule has 0 unspecified atom stereocenters. The fourth-order valence-corrected chi connectivity index (χ4v) is 3.72. The summed E-state index contributed by atoms with van der Waals surface area (Å²) in [5.74, 6) is -0.813. The lowest BCUT2D eigenvalue weighted by Gasteiger charge is -2.29. The van der Waals surface area contributed by atoms with Gasteiger partial charge in [0.15, 0.2) is 0 Å². The Labute approximate surface area is 171 Å². The van der Waals surface area contributed by atoms with Gasteiger partial charge in [-0.2, -0.15) is 5.10 Å². The predicted octanol–water partition coefficient (Wildman–Crippen LogP) is 2.39. The minimum absolute atomic E-state index is 0.0765. The molecule has 0 saturated heterocycles. The molecule has 0 spiro atoms. The van der Waals surface area contributed by atoms with Gasteiger partial charge in [-0.25, -0.2) is 9.18 Å². The molecule has 3 amide bonds. The SMILES string of the molecule is CN(C(=O)c1[nH]nc2c1CN(C(=O)Nc1ccc(F)c(Cl)c1)CC2)C1(CO)CC1. The number of carbonyl (C=O) groups excluding carboxylic acids is 2. The van der Waals surface area contributed by atoms with Crippen molar-refractivity contribution in [3.05, 3.63) is 46.0 Å². The van der Waals surface area contributed by atoms with Gasteiger partial charge >= 0.3 is 6.03 Å². The second-order valence-corrected chi connectivity index (χ2v) is 7.91. The minimum atomic E-state index is -0.561. The van der Waals surface area contributed by atoms with Gasteiger partial charge in [-0.15, -0.1) is 0 Å². The first-order chi connectivity index (χ1) is 13.8. The van der Waals surface area contributed by atoms with Crippen LogP contribution in [0.5, 0.6) is 0 Å². The molecule has 154 valence electrons. The normalized spacial score (nSPS) is 16.9. The number of halogens is 2. The first-order valence-electron chi connectivity index (χ1n) is 9.31. The van der Waals surface area contributed by atoms with Crippen LogP contribution in [0.3, 0.4) is 0 Å². The molecule has 2 aromatic rings. The number of urea groups is 1. The molecule has 0 radical (unpaired) electrons. The van der Waals surface area contributed by atoms with E-state index in [1.807, 2.05) is 0 Å². The summed E-state index contributed by atoms with van der Waals surface area (Å²) in [6.07, 6.45) is 2.03. The zero-order valence-electron chi connectivity index (χ0n) is 15.8. The Morgan fingerprint density at radius 3 is 2.86 bits per heavy atom. The van der Waals surface area contributed by atoms with Gasteiger partial charge in [0.2, 0.25) is 0 Å². The standard InChI is InChI=1S/C19H21ClFN5O3/c1-25(19(10-27)5-6-19)17(28)16-12-9-26(7-4-15(12)23-24-16)18(29)22-11-2-3-14(21)13(20)8-11/h2-3,8,27H,4-7,9-10H2,1H3,(H,22,29)(H,23,24). The highest BCUT2D eigenvalue weighted by atomic mass is 35.5. The highest BCUT2D eigenvalue weighted by Crippen LogP contribution is 2.41. The third-order valence-electron chi connectivity index (χ3n) is 5.73. The molecule has 1 aliphatic carbocycles. The van der Waals surface area contributed by atoms with Crippen LogP contribution in [-0.2, 0) is 13.0 Å². The maximum atomic E-state index is 13.3. The number of hydrogen-bond acceptors (Lipinski definition) is 4. The van der Waals surface area contributed by atoms with Crippen molar-refractivity contribution in [2.45, 2.75) is 31.3 Å². The van der Waals surface area contributed by atoms with E-state index in [1.165, 1.54) is 18.2 Å². The molecular weight excluding hydrogens is 401 g/mol. The number of aliphatic hydroxyl groups excluding tert-OH is 1. The number of fused-ring (bicyclic) bond motifs is 1. The van der Waals surface area contributed by atoms with Gasteiger partial charge in [-0.05, 0) is 31.0 Å². The van der Waals surface area contributed by atoms with Crippen molar-refractivity contribution in [1.29, 1.82) is 0 Å². The fourth-order valence-electron chi connectivity index (χ4n) is 3.54. The Bertz CT molecular complexity index is 975. The Morgan fingerprint density at radius 2 is 2.21 bits per heavy atom. The Balaban J connectivity index is 1.49. The highest BCUT2D eigenvalue weighted by Gasteiger charge is 2.48. The van der Waals surface area contributed by atoms with Crippen molar-refractivity contribution in [3.8, 4) is 0 Å². The predicted molar refractivity (Wildman–Crippen MR) is 104 cm³/mol. The van der Waals surface area contributed by atoms with Crippen molar-refractivity contribution in [2.75, 3.05) is 25.5 Å². The Morgan fingerprint density at radius 1 is 1.45 bits per heavy atom. The lowest BCUT2D eigenvalue weighted by atomic mass is 10.0. The number of rotatable bonds is 4. The number of nitrogens with zero attached hydrogens (tertiary/aromatic N) is 3. The van der Waals surface area contributed by atoms with Crippen LogP contribution >= 0.6 is 11.6 Å². The average molecular weight is 422 g/mol. The van der Waals surface area contributed by atoms with Gasteiger partial charge in [0, 0.05) is 31.3 Å². The van der Waals surface area contributed by atoms with Crippen molar-refractivity contribution in [3.63, 3.8) is 0 Å². The lowest BCUT2D eigenvalue weighted by Crippen LogP contribution is -2.43. The number of nitrogens with one attached hydrogen (secondary N) is 2. The number of benzene rings is 1. The first-order valence-corrected chi connectivity index (χ1v) is 9.68. The van der Waals surface area contributed by atoms with E-state index in [1.54, 1.807) is 16.8 Å². The summed E-state index contributed by atoms with van der Waals surface area (Å²) in [5.41, 5.74) is 1.65. The number of aromatic nitrogens is 2. The lowest BCUT2D eigenvalue weighted by molar-refractivity contribution is 0.0611. The molecule has 1 aliphatic heterocycles. The van der Waals surface area contributed by atoms with Gasteiger partial charge < -0.3 is 20.2 Å². The maximum absolute atomic E-state index is 13.3. The number of likely N-dealkylation sites (N-methyl/N-ethyl adjacent to an activating group) is 1. The summed E-state index contributed by atoms with van der Waals surface area (Å²) >= 11 is 5.76. The number of anilines is 1. The van der Waals surface area contributed by atoms with Crippen molar-refractivity contribution in [1.82, 2.24) is 20.0 Å². The van der Waals surface area contributed by atoms with E-state index in [2.05, 4.69) is 15.5 Å². The number of aromatic amines is 1. The van der Waals surface area contributed by atoms with Crippen molar-refractivity contribution in [2.24, 2.45) is 0 Å². The maximum Gasteiger partial charge on any atom is 0.322 e. The van der Waals surface area contributed by atoms with Crippen LogP contribution in [0.15, 0.2) is 18.2 Å². The van der Waals surface area contributed by atoms with Crippen molar-refractivity contribution >= 4 is 29.2 Å². The molecule has 10 heteroatoms. The molecule has 1 aromatic carbocycles. The number of carbonyl (C=O) groups is 2. The smallest absolute Gasteiger partial charge is 0.322 e. The summed E-state index contributed by atoms with van der Waals surface area (Å²) in [4.78, 5) is 28.7. The summed E-state index contributed by atoms with van der Waals surface area (Å²) in [6, 6.07) is 3.58. The fraction of sp³-hybridized carbons (Fsp3) is 0.421. The second-order valence-electron chi connectivity index (χ2n) is 7.50. The number of amides is 3. The molecule has 2 aliphatic rings. The zero-order chi connectivity index (χ0) is 20.8. The molecule has 1 fully saturated rings. The third kappa shape index (κ3) is 3.56. The number of aliphatic hydroxyl groups is 1. The summed E-state index contributed by atoms with van der Waals surface area (Å²) < 4.78 is 13.3. The van der Waals surface area contributed by atoms with E-state index in [0.29, 0.717) is 29.9 Å². The topological polar surface area (TPSA) is 102 Å². The molecule has 1 aromatic heterocycles. The zero-order valence-corrected chi connectivity index (χ0v) is 16.6. The number of H-pyrrole nitrogens is 1. The van der Waals surface area contributed by atoms with Crippen LogP contribution < -0.4 is 5.32 Å². The summed E-state index contributed by atoms with van der Waals surface area (Å²) in [7, 11) is 1.67. The Hall–Kier alpha value is -2.65. The molecule has 29 heavy (non-hydrogen) atoms. The molecule has 8 nitrogen and oxygen atoms in total. The van der Waals surface area contributed by atoms with E-state index in [9.17, 15) is 19.1 Å². The van der Waals surface area contributed by atoms with Crippen LogP contribution in [0.2, 0.25) is 5.02 Å². The van der Waals surface area contributed by atoms with Gasteiger partial charge in [0.05, 0.1) is 29.4 Å². The van der Waals surface area contributed by atoms with Crippen LogP contribution in [0.4, 0.5) is 14.9 Å². The molecule has 3 N–H and O–H groups in total. The average Bonchev–Trinajstić information content (AvgIpc) is 3.41. The van der Waals surface area contributed by atoms with Crippen LogP contribution in [-0.4, -0.2) is 62.8 Å². The van der Waals surface area contributed by atoms with Gasteiger partial charge in [-0.3, -0.25) is 9.89 Å². The van der Waals surface area contributed by atoms with Gasteiger partial charge in [-0.1, -0.05) is 11.6 Å². The van der Waals surface area contributed by atoms with E-state index < -0.39 is 11.4 Å². The van der Waals surface area contributed by atoms with Crippen LogP contribution in [0.1, 0.15) is 34.6 Å².